The van der Waals surface area contributed by atoms with Gasteiger partial charge in [0, 0.05) is 11.6 Å². The van der Waals surface area contributed by atoms with Crippen molar-refractivity contribution < 1.29 is 42.4 Å². The van der Waals surface area contributed by atoms with Crippen LogP contribution in [0.4, 0.5) is 13.2 Å². The number of carbonyl (C=O) groups excluding carboxylic acids is 2. The van der Waals surface area contributed by atoms with Crippen LogP contribution in [0.5, 0.6) is 11.5 Å². The Morgan fingerprint density at radius 1 is 1.25 bits per heavy atom. The van der Waals surface area contributed by atoms with Crippen LogP contribution < -0.4 is 0 Å². The normalized spacial score (nSPS) is 12.1. The highest BCUT2D eigenvalue weighted by Gasteiger charge is 2.41. The summed E-state index contributed by atoms with van der Waals surface area (Å²) < 4.78 is 46.7. The maximum atomic E-state index is 12.5. The van der Waals surface area contributed by atoms with E-state index in [1.54, 1.807) is 6.92 Å². The molecule has 0 saturated carbocycles. The van der Waals surface area contributed by atoms with E-state index in [9.17, 15) is 33.0 Å². The molecular formula is C19H19F3O6. The molecule has 0 aliphatic carbocycles. The predicted octanol–water partition coefficient (Wildman–Crippen LogP) is 4.24. The number of ether oxygens (including phenoxy) is 2. The molecule has 0 radical (unpaired) electrons. The van der Waals surface area contributed by atoms with Crippen LogP contribution in [0.1, 0.15) is 35.7 Å². The Bertz CT molecular complexity index is 794. The summed E-state index contributed by atoms with van der Waals surface area (Å²) in [4.78, 5) is 23.3. The van der Waals surface area contributed by atoms with Crippen molar-refractivity contribution in [3.63, 3.8) is 0 Å². The smallest absolute Gasteiger partial charge is 0.491 e. The van der Waals surface area contributed by atoms with E-state index in [0.29, 0.717) is 12.8 Å². The second-order valence-corrected chi connectivity index (χ2v) is 5.39. The van der Waals surface area contributed by atoms with Crippen LogP contribution in [0.25, 0.3) is 6.08 Å². The molecule has 0 atom stereocenters. The van der Waals surface area contributed by atoms with E-state index in [2.05, 4.69) is 11.3 Å². The minimum Gasteiger partial charge on any atom is -0.508 e. The molecule has 0 bridgehead atoms. The Balaban J connectivity index is 3.38. The molecule has 1 aromatic carbocycles. The number of halogens is 3. The molecule has 2 N–H and O–H groups in total. The summed E-state index contributed by atoms with van der Waals surface area (Å²) in [6.45, 7) is 5.11. The van der Waals surface area contributed by atoms with E-state index in [-0.39, 0.29) is 12.2 Å². The molecule has 0 saturated heterocycles. The fourth-order valence-electron chi connectivity index (χ4n) is 1.94. The standard InChI is InChI=1S/C19H19F3O6/c1-3-5-7-14(28-18(26)19(20,21)22)10-12-9-13(23)11-15(24)16(12)17(25)27-8-6-4-2/h4-5,7,9-11,23-24H,2-3,6,8H2,1H3/b7-5+,14-10-. The second-order valence-electron chi connectivity index (χ2n) is 5.39. The van der Waals surface area contributed by atoms with Crippen molar-refractivity contribution in [2.24, 2.45) is 0 Å². The van der Waals surface area contributed by atoms with Crippen molar-refractivity contribution in [1.29, 1.82) is 0 Å². The molecule has 0 heterocycles. The maximum absolute atomic E-state index is 12.5. The first kappa shape index (κ1) is 22.8. The average molecular weight is 400 g/mol. The molecule has 1 aromatic rings. The van der Waals surface area contributed by atoms with Gasteiger partial charge in [-0.2, -0.15) is 13.2 Å². The third-order valence-corrected chi connectivity index (χ3v) is 3.15. The van der Waals surface area contributed by atoms with Crippen molar-refractivity contribution in [2.45, 2.75) is 25.9 Å². The van der Waals surface area contributed by atoms with Crippen molar-refractivity contribution in [2.75, 3.05) is 6.61 Å². The van der Waals surface area contributed by atoms with E-state index < -0.39 is 40.9 Å². The lowest BCUT2D eigenvalue weighted by atomic mass is 10.0. The van der Waals surface area contributed by atoms with Crippen LogP contribution >= 0.6 is 0 Å². The topological polar surface area (TPSA) is 93.1 Å². The van der Waals surface area contributed by atoms with Gasteiger partial charge in [-0.3, -0.25) is 0 Å². The molecule has 6 nitrogen and oxygen atoms in total. The fourth-order valence-corrected chi connectivity index (χ4v) is 1.94. The average Bonchev–Trinajstić information content (AvgIpc) is 2.58. The van der Waals surface area contributed by atoms with Crippen molar-refractivity contribution in [3.8, 4) is 11.5 Å². The Morgan fingerprint density at radius 2 is 1.93 bits per heavy atom. The third-order valence-electron chi connectivity index (χ3n) is 3.15. The summed E-state index contributed by atoms with van der Waals surface area (Å²) in [6, 6.07) is 1.87. The highest BCUT2D eigenvalue weighted by atomic mass is 19.4. The number of phenolic OH excluding ortho intramolecular Hbond substituents is 2. The molecule has 28 heavy (non-hydrogen) atoms. The molecule has 0 aliphatic rings. The first-order chi connectivity index (χ1) is 13.1. The Labute approximate surface area is 159 Å². The molecule has 0 spiro atoms. The van der Waals surface area contributed by atoms with Crippen LogP contribution in [0.15, 0.2) is 42.7 Å². The Hall–Kier alpha value is -3.23. The van der Waals surface area contributed by atoms with Crippen LogP contribution in [-0.2, 0) is 14.3 Å². The van der Waals surface area contributed by atoms with Gasteiger partial charge in [0.25, 0.3) is 0 Å². The molecule has 0 aromatic heterocycles. The monoisotopic (exact) mass is 400 g/mol. The van der Waals surface area contributed by atoms with Gasteiger partial charge in [0.15, 0.2) is 0 Å². The van der Waals surface area contributed by atoms with Gasteiger partial charge < -0.3 is 19.7 Å². The van der Waals surface area contributed by atoms with E-state index in [0.717, 1.165) is 24.3 Å². The van der Waals surface area contributed by atoms with Gasteiger partial charge in [-0.15, -0.1) is 6.58 Å². The van der Waals surface area contributed by atoms with E-state index >= 15 is 0 Å². The number of allylic oxidation sites excluding steroid dienone is 2. The highest BCUT2D eigenvalue weighted by molar-refractivity contribution is 5.97. The molecule has 0 unspecified atom stereocenters. The van der Waals surface area contributed by atoms with Gasteiger partial charge in [0.05, 0.1) is 6.61 Å². The number of phenols is 2. The summed E-state index contributed by atoms with van der Waals surface area (Å²) in [5.41, 5.74) is -0.612. The van der Waals surface area contributed by atoms with Crippen LogP contribution in [0.2, 0.25) is 0 Å². The number of rotatable bonds is 8. The quantitative estimate of drug-likeness (QED) is 0.223. The molecule has 9 heteroatoms. The molecule has 0 aliphatic heterocycles. The maximum Gasteiger partial charge on any atom is 0.491 e. The summed E-state index contributed by atoms with van der Waals surface area (Å²) in [7, 11) is 0. The van der Waals surface area contributed by atoms with Crippen LogP contribution in [0, 0.1) is 0 Å². The molecule has 1 rings (SSSR count). The Morgan fingerprint density at radius 3 is 2.50 bits per heavy atom. The number of hydrogen-bond acceptors (Lipinski definition) is 6. The predicted molar refractivity (Wildman–Crippen MR) is 94.4 cm³/mol. The van der Waals surface area contributed by atoms with Gasteiger partial charge in [-0.25, -0.2) is 9.59 Å². The number of hydrogen-bond donors (Lipinski definition) is 2. The minimum absolute atomic E-state index is 0.0442. The minimum atomic E-state index is -5.23. The zero-order chi connectivity index (χ0) is 21.3. The SMILES string of the molecule is C=CCCOC(=O)c1c(O)cc(O)cc1/C=C(/C=C/CC)OC(=O)C(F)(F)F. The number of esters is 2. The first-order valence-corrected chi connectivity index (χ1v) is 8.11. The van der Waals surface area contributed by atoms with Gasteiger partial charge >= 0.3 is 18.1 Å². The Kier molecular flexibility index (Phi) is 8.30. The molecular weight excluding hydrogens is 381 g/mol. The van der Waals surface area contributed by atoms with Gasteiger partial charge in [0.2, 0.25) is 0 Å². The number of aromatic hydroxyl groups is 2. The lowest BCUT2D eigenvalue weighted by Gasteiger charge is -2.11. The molecule has 152 valence electrons. The highest BCUT2D eigenvalue weighted by Crippen LogP contribution is 2.30. The summed E-state index contributed by atoms with van der Waals surface area (Å²) >= 11 is 0. The molecule has 0 amide bonds. The van der Waals surface area contributed by atoms with Gasteiger partial charge in [-0.05, 0) is 31.1 Å². The fraction of sp³-hybridized carbons (Fsp3) is 0.263. The molecule has 0 fully saturated rings. The summed E-state index contributed by atoms with van der Waals surface area (Å²) in [6.07, 6.45) is 0.435. The first-order valence-electron chi connectivity index (χ1n) is 8.11. The largest absolute Gasteiger partial charge is 0.508 e. The second kappa shape index (κ2) is 10.2. The van der Waals surface area contributed by atoms with Crippen LogP contribution in [-0.4, -0.2) is 34.9 Å². The summed E-state index contributed by atoms with van der Waals surface area (Å²) in [5, 5.41) is 19.6. The zero-order valence-corrected chi connectivity index (χ0v) is 15.0. The van der Waals surface area contributed by atoms with E-state index in [4.69, 9.17) is 4.74 Å². The number of benzene rings is 1. The number of carbonyl (C=O) groups is 2. The van der Waals surface area contributed by atoms with Crippen molar-refractivity contribution in [3.05, 3.63) is 53.8 Å². The lowest BCUT2D eigenvalue weighted by molar-refractivity contribution is -0.194. The van der Waals surface area contributed by atoms with Crippen LogP contribution in [0.3, 0.4) is 0 Å². The van der Waals surface area contributed by atoms with Crippen molar-refractivity contribution in [1.82, 2.24) is 0 Å². The summed E-state index contributed by atoms with van der Waals surface area (Å²) in [5.74, 6) is -5.11. The van der Waals surface area contributed by atoms with Gasteiger partial charge in [0.1, 0.15) is 22.8 Å². The lowest BCUT2D eigenvalue weighted by Crippen LogP contribution is -2.24. The van der Waals surface area contributed by atoms with Gasteiger partial charge in [-0.1, -0.05) is 19.1 Å². The zero-order valence-electron chi connectivity index (χ0n) is 15.0. The number of alkyl halides is 3. The van der Waals surface area contributed by atoms with E-state index in [1.807, 2.05) is 0 Å². The third kappa shape index (κ3) is 6.82. The van der Waals surface area contributed by atoms with Crippen molar-refractivity contribution >= 4 is 18.0 Å². The van der Waals surface area contributed by atoms with E-state index in [1.165, 1.54) is 12.2 Å².